The van der Waals surface area contributed by atoms with Gasteiger partial charge in [-0.1, -0.05) is 99.3 Å². The molecule has 0 N–H and O–H groups in total. The predicted octanol–water partition coefficient (Wildman–Crippen LogP) is 6.10. The number of aromatic nitrogens is 2. The number of carbonyl (C=O) groups is 1. The third kappa shape index (κ3) is 8.92. The van der Waals surface area contributed by atoms with Crippen molar-refractivity contribution < 1.29 is 4.79 Å². The van der Waals surface area contributed by atoms with E-state index in [2.05, 4.69) is 86.4 Å². The Kier molecular flexibility index (Phi) is 11.2. The van der Waals surface area contributed by atoms with E-state index in [1.807, 2.05) is 24.9 Å². The average Bonchev–Trinajstić information content (AvgIpc) is 2.98. The first kappa shape index (κ1) is 31.8. The van der Waals surface area contributed by atoms with Crippen LogP contribution in [0.1, 0.15) is 68.0 Å². The second-order valence-electron chi connectivity index (χ2n) is 12.2. The molecule has 42 heavy (non-hydrogen) atoms. The summed E-state index contributed by atoms with van der Waals surface area (Å²) >= 11 is 1.60. The minimum absolute atomic E-state index is 0.0229. The lowest BCUT2D eigenvalue weighted by Crippen LogP contribution is -2.48. The lowest BCUT2D eigenvalue weighted by atomic mass is 9.86. The Balaban J connectivity index is 1.18. The van der Waals surface area contributed by atoms with Crippen molar-refractivity contribution in [2.45, 2.75) is 63.9 Å². The largest absolute Gasteiger partial charge is 0.340 e. The summed E-state index contributed by atoms with van der Waals surface area (Å²) in [5, 5.41) is 0.744. The van der Waals surface area contributed by atoms with Crippen LogP contribution in [0.15, 0.2) is 70.6 Å². The fourth-order valence-electron chi connectivity index (χ4n) is 5.17. The quantitative estimate of drug-likeness (QED) is 0.154. The van der Waals surface area contributed by atoms with Crippen molar-refractivity contribution in [2.75, 3.05) is 38.5 Å². The van der Waals surface area contributed by atoms with E-state index >= 15 is 0 Å². The van der Waals surface area contributed by atoms with Crippen molar-refractivity contribution >= 4 is 23.7 Å². The molecular weight excluding hydrogens is 540 g/mol. The molecule has 0 radical (unpaired) electrons. The van der Waals surface area contributed by atoms with Crippen LogP contribution in [0.3, 0.4) is 0 Å². The summed E-state index contributed by atoms with van der Waals surface area (Å²) in [7, 11) is 1.81. The fraction of sp³-hybridized carbons (Fsp3) is 0.457. The van der Waals surface area contributed by atoms with Crippen LogP contribution in [0.2, 0.25) is 0 Å². The Morgan fingerprint density at radius 2 is 1.67 bits per heavy atom. The summed E-state index contributed by atoms with van der Waals surface area (Å²) < 4.78 is 1.68. The summed E-state index contributed by atoms with van der Waals surface area (Å²) in [5.74, 6) is 1.09. The molecular formula is C35H46N4O2S. The van der Waals surface area contributed by atoms with E-state index in [9.17, 15) is 9.59 Å². The molecule has 1 saturated heterocycles. The van der Waals surface area contributed by atoms with E-state index < -0.39 is 0 Å². The number of aryl methyl sites for hydroxylation is 1. The molecule has 6 nitrogen and oxygen atoms in total. The van der Waals surface area contributed by atoms with E-state index in [1.54, 1.807) is 16.3 Å². The number of hydrogen-bond acceptors (Lipinski definition) is 5. The molecule has 7 heteroatoms. The first-order chi connectivity index (χ1) is 20.1. The summed E-state index contributed by atoms with van der Waals surface area (Å²) in [6.07, 6.45) is 7.29. The molecule has 1 fully saturated rings. The summed E-state index contributed by atoms with van der Waals surface area (Å²) in [6.45, 7) is 12.9. The van der Waals surface area contributed by atoms with Gasteiger partial charge in [-0.2, -0.15) is 0 Å². The van der Waals surface area contributed by atoms with Crippen LogP contribution in [0.25, 0.3) is 6.08 Å². The van der Waals surface area contributed by atoms with E-state index in [0.717, 1.165) is 73.3 Å². The van der Waals surface area contributed by atoms with Gasteiger partial charge in [0.1, 0.15) is 0 Å². The van der Waals surface area contributed by atoms with E-state index in [1.165, 1.54) is 11.1 Å². The predicted molar refractivity (Wildman–Crippen MR) is 175 cm³/mol. The third-order valence-corrected chi connectivity index (χ3v) is 9.08. The Labute approximate surface area is 255 Å². The van der Waals surface area contributed by atoms with Crippen molar-refractivity contribution in [3.05, 3.63) is 99.0 Å². The standard InChI is InChI=1S/C35H46N4O2S/c1-27-31(26-29-16-18-30(19-17-29)35(2,3)4)33(41)37(5)34(36-27)42-25-10-9-15-32(40)39-23-21-38(22-24-39)20-11-14-28-12-7-6-8-13-28/h6-8,11-14,16-19H,9-10,15,20-26H2,1-5H3/b14-11+. The number of hydrogen-bond donors (Lipinski definition) is 0. The molecule has 0 saturated carbocycles. The van der Waals surface area contributed by atoms with Gasteiger partial charge in [0, 0.05) is 69.6 Å². The molecule has 0 unspecified atom stereocenters. The van der Waals surface area contributed by atoms with Gasteiger partial charge in [-0.05, 0) is 41.9 Å². The molecule has 0 bridgehead atoms. The number of rotatable bonds is 11. The van der Waals surface area contributed by atoms with Crippen LogP contribution in [0.4, 0.5) is 0 Å². The molecule has 0 atom stereocenters. The van der Waals surface area contributed by atoms with Crippen molar-refractivity contribution in [1.82, 2.24) is 19.4 Å². The normalized spacial score (nSPS) is 14.5. The Morgan fingerprint density at radius 3 is 2.33 bits per heavy atom. The molecule has 3 aromatic rings. The van der Waals surface area contributed by atoms with Gasteiger partial charge in [-0.15, -0.1) is 0 Å². The van der Waals surface area contributed by atoms with Gasteiger partial charge >= 0.3 is 0 Å². The molecule has 1 aliphatic rings. The minimum atomic E-state index is 0.0229. The number of carbonyl (C=O) groups excluding carboxylic acids is 1. The van der Waals surface area contributed by atoms with E-state index in [0.29, 0.717) is 12.8 Å². The van der Waals surface area contributed by atoms with Gasteiger partial charge in [0.15, 0.2) is 5.16 Å². The lowest BCUT2D eigenvalue weighted by Gasteiger charge is -2.34. The highest BCUT2D eigenvalue weighted by atomic mass is 32.2. The molecule has 0 spiro atoms. The number of piperazine rings is 1. The van der Waals surface area contributed by atoms with Gasteiger partial charge in [0.25, 0.3) is 5.56 Å². The van der Waals surface area contributed by atoms with Crippen LogP contribution >= 0.6 is 11.8 Å². The highest BCUT2D eigenvalue weighted by Crippen LogP contribution is 2.23. The number of amides is 1. The summed E-state index contributed by atoms with van der Waals surface area (Å²) in [5.41, 5.74) is 5.30. The third-order valence-electron chi connectivity index (χ3n) is 7.97. The van der Waals surface area contributed by atoms with Gasteiger partial charge < -0.3 is 4.90 Å². The van der Waals surface area contributed by atoms with E-state index in [-0.39, 0.29) is 16.9 Å². The average molecular weight is 587 g/mol. The van der Waals surface area contributed by atoms with Gasteiger partial charge in [0.05, 0.1) is 0 Å². The van der Waals surface area contributed by atoms with Crippen LogP contribution in [0, 0.1) is 6.92 Å². The number of unbranched alkanes of at least 4 members (excludes halogenated alkanes) is 1. The molecule has 1 aromatic heterocycles. The van der Waals surface area contributed by atoms with Crippen LogP contribution in [0.5, 0.6) is 0 Å². The number of nitrogens with zero attached hydrogens (tertiary/aromatic N) is 4. The maximum atomic E-state index is 13.2. The first-order valence-corrected chi connectivity index (χ1v) is 16.1. The Hall–Kier alpha value is -3.16. The maximum Gasteiger partial charge on any atom is 0.257 e. The molecule has 4 rings (SSSR count). The smallest absolute Gasteiger partial charge is 0.257 e. The van der Waals surface area contributed by atoms with Gasteiger partial charge in [0.2, 0.25) is 5.91 Å². The molecule has 2 heterocycles. The zero-order valence-corrected chi connectivity index (χ0v) is 26.8. The second-order valence-corrected chi connectivity index (χ2v) is 13.3. The molecule has 2 aromatic carbocycles. The Bertz CT molecular complexity index is 1400. The number of benzene rings is 2. The molecule has 224 valence electrons. The highest BCUT2D eigenvalue weighted by Gasteiger charge is 2.20. The number of thioether (sulfide) groups is 1. The van der Waals surface area contributed by atoms with Crippen molar-refractivity contribution in [2.24, 2.45) is 7.05 Å². The van der Waals surface area contributed by atoms with Crippen molar-refractivity contribution in [3.63, 3.8) is 0 Å². The summed E-state index contributed by atoms with van der Waals surface area (Å²) in [4.78, 5) is 35.1. The SMILES string of the molecule is Cc1nc(SCCCCC(=O)N2CCN(C/C=C/c3ccccc3)CC2)n(C)c(=O)c1Cc1ccc(C(C)(C)C)cc1. The fourth-order valence-corrected chi connectivity index (χ4v) is 6.18. The van der Waals surface area contributed by atoms with Crippen LogP contribution in [-0.4, -0.2) is 63.7 Å². The monoisotopic (exact) mass is 586 g/mol. The molecule has 0 aliphatic carbocycles. The van der Waals surface area contributed by atoms with Crippen LogP contribution in [-0.2, 0) is 23.7 Å². The zero-order valence-electron chi connectivity index (χ0n) is 25.9. The Morgan fingerprint density at radius 1 is 0.976 bits per heavy atom. The molecule has 1 amide bonds. The van der Waals surface area contributed by atoms with Gasteiger partial charge in [-0.3, -0.25) is 19.1 Å². The molecule has 1 aliphatic heterocycles. The van der Waals surface area contributed by atoms with Crippen molar-refractivity contribution in [1.29, 1.82) is 0 Å². The second kappa shape index (κ2) is 14.8. The van der Waals surface area contributed by atoms with Gasteiger partial charge in [-0.25, -0.2) is 4.98 Å². The summed E-state index contributed by atoms with van der Waals surface area (Å²) in [6, 6.07) is 18.9. The first-order valence-electron chi connectivity index (χ1n) is 15.1. The highest BCUT2D eigenvalue weighted by molar-refractivity contribution is 7.99. The van der Waals surface area contributed by atoms with Crippen LogP contribution < -0.4 is 5.56 Å². The van der Waals surface area contributed by atoms with E-state index in [4.69, 9.17) is 4.98 Å². The van der Waals surface area contributed by atoms with Crippen molar-refractivity contribution in [3.8, 4) is 0 Å². The lowest BCUT2D eigenvalue weighted by molar-refractivity contribution is -0.132. The topological polar surface area (TPSA) is 58.4 Å². The zero-order chi connectivity index (χ0) is 30.1. The minimum Gasteiger partial charge on any atom is -0.340 e. The maximum absolute atomic E-state index is 13.2.